The van der Waals surface area contributed by atoms with E-state index in [-0.39, 0.29) is 0 Å². The van der Waals surface area contributed by atoms with Gasteiger partial charge in [-0.05, 0) is 30.6 Å². The fourth-order valence-corrected chi connectivity index (χ4v) is 3.56. The van der Waals surface area contributed by atoms with Crippen LogP contribution in [0.3, 0.4) is 0 Å². The number of aliphatic hydroxyl groups is 1. The van der Waals surface area contributed by atoms with E-state index in [1.54, 1.807) is 4.68 Å². The van der Waals surface area contributed by atoms with Crippen molar-refractivity contribution < 1.29 is 5.11 Å². The standard InChI is InChI=1S/C14H17N3OS2/c18-12(11-6-2-1-3-7-11)10-17-14(19)20-13(15-17)16-8-4-5-9-16/h1-3,6-7,12,18H,4-5,8-10H2/t12-/m1/s1. The maximum absolute atomic E-state index is 10.3. The number of anilines is 1. The average Bonchev–Trinajstić information content (AvgIpc) is 3.10. The highest BCUT2D eigenvalue weighted by Gasteiger charge is 2.18. The summed E-state index contributed by atoms with van der Waals surface area (Å²) in [5, 5.41) is 15.8. The van der Waals surface area contributed by atoms with Crippen LogP contribution in [0, 0.1) is 3.95 Å². The molecule has 1 N–H and O–H groups in total. The van der Waals surface area contributed by atoms with Crippen molar-refractivity contribution in [2.24, 2.45) is 0 Å². The van der Waals surface area contributed by atoms with E-state index < -0.39 is 6.10 Å². The molecule has 106 valence electrons. The third-order valence-corrected chi connectivity index (χ3v) is 4.87. The zero-order chi connectivity index (χ0) is 13.9. The molecule has 6 heteroatoms. The zero-order valence-electron chi connectivity index (χ0n) is 11.1. The Balaban J connectivity index is 1.76. The van der Waals surface area contributed by atoms with Gasteiger partial charge in [0, 0.05) is 13.1 Å². The molecule has 1 atom stereocenters. The maximum atomic E-state index is 10.3. The molecule has 1 aromatic heterocycles. The number of hydrogen-bond donors (Lipinski definition) is 1. The second kappa shape index (κ2) is 6.03. The largest absolute Gasteiger partial charge is 0.386 e. The third-order valence-electron chi connectivity index (χ3n) is 3.50. The van der Waals surface area contributed by atoms with Gasteiger partial charge in [0.05, 0.1) is 12.6 Å². The molecule has 2 aromatic rings. The Morgan fingerprint density at radius 2 is 1.95 bits per heavy atom. The molecule has 0 amide bonds. The Hall–Kier alpha value is -1.24. The molecule has 20 heavy (non-hydrogen) atoms. The Labute approximate surface area is 127 Å². The van der Waals surface area contributed by atoms with Crippen LogP contribution in [0.4, 0.5) is 5.13 Å². The molecule has 0 saturated carbocycles. The van der Waals surface area contributed by atoms with Crippen LogP contribution in [0.25, 0.3) is 0 Å². The SMILES string of the molecule is O[C@H](Cn1nc(N2CCCC2)sc1=S)c1ccccc1. The van der Waals surface area contributed by atoms with Crippen molar-refractivity contribution in [3.63, 3.8) is 0 Å². The van der Waals surface area contributed by atoms with E-state index in [1.165, 1.54) is 24.2 Å². The van der Waals surface area contributed by atoms with Crippen molar-refractivity contribution in [2.75, 3.05) is 18.0 Å². The van der Waals surface area contributed by atoms with Crippen molar-refractivity contribution in [3.8, 4) is 0 Å². The van der Waals surface area contributed by atoms with Crippen LogP contribution >= 0.6 is 23.6 Å². The molecule has 1 saturated heterocycles. The summed E-state index contributed by atoms with van der Waals surface area (Å²) in [6.45, 7) is 2.53. The third kappa shape index (κ3) is 2.92. The van der Waals surface area contributed by atoms with E-state index in [2.05, 4.69) is 10.00 Å². The van der Waals surface area contributed by atoms with E-state index in [0.717, 1.165) is 27.7 Å². The van der Waals surface area contributed by atoms with Crippen LogP contribution in [-0.4, -0.2) is 28.0 Å². The minimum absolute atomic E-state index is 0.410. The molecule has 1 fully saturated rings. The first-order valence-corrected chi connectivity index (χ1v) is 8.02. The number of hydrogen-bond acceptors (Lipinski definition) is 5. The van der Waals surface area contributed by atoms with Gasteiger partial charge < -0.3 is 10.0 Å². The lowest BCUT2D eigenvalue weighted by Gasteiger charge is -2.13. The second-order valence-corrected chi connectivity index (χ2v) is 6.55. The van der Waals surface area contributed by atoms with Crippen LogP contribution in [0.5, 0.6) is 0 Å². The summed E-state index contributed by atoms with van der Waals surface area (Å²) in [5.74, 6) is 0. The van der Waals surface area contributed by atoms with Crippen molar-refractivity contribution in [2.45, 2.75) is 25.5 Å². The highest BCUT2D eigenvalue weighted by atomic mass is 32.1. The Morgan fingerprint density at radius 1 is 1.25 bits per heavy atom. The Bertz CT molecular complexity index is 617. The predicted octanol–water partition coefficient (Wildman–Crippen LogP) is 3.01. The number of aromatic nitrogens is 2. The minimum atomic E-state index is -0.573. The molecule has 1 aliphatic heterocycles. The molecule has 2 heterocycles. The normalized spacial score (nSPS) is 16.6. The predicted molar refractivity (Wildman–Crippen MR) is 83.8 cm³/mol. The van der Waals surface area contributed by atoms with Gasteiger partial charge in [0.15, 0.2) is 3.95 Å². The molecule has 4 nitrogen and oxygen atoms in total. The maximum Gasteiger partial charge on any atom is 0.207 e. The Morgan fingerprint density at radius 3 is 2.65 bits per heavy atom. The quantitative estimate of drug-likeness (QED) is 0.882. The van der Waals surface area contributed by atoms with E-state index >= 15 is 0 Å². The summed E-state index contributed by atoms with van der Waals surface area (Å²) in [5.41, 5.74) is 0.894. The molecule has 0 unspecified atom stereocenters. The molecule has 1 aromatic carbocycles. The van der Waals surface area contributed by atoms with Crippen molar-refractivity contribution in [1.82, 2.24) is 9.78 Å². The topological polar surface area (TPSA) is 41.3 Å². The smallest absolute Gasteiger partial charge is 0.207 e. The molecule has 0 aliphatic carbocycles. The average molecular weight is 307 g/mol. The molecular weight excluding hydrogens is 290 g/mol. The lowest BCUT2D eigenvalue weighted by molar-refractivity contribution is 0.151. The first kappa shape index (κ1) is 13.7. The van der Waals surface area contributed by atoms with Crippen LogP contribution in [0.2, 0.25) is 0 Å². The summed E-state index contributed by atoms with van der Waals surface area (Å²) in [4.78, 5) is 2.27. The van der Waals surface area contributed by atoms with Gasteiger partial charge in [-0.15, -0.1) is 5.10 Å². The number of rotatable bonds is 4. The van der Waals surface area contributed by atoms with Gasteiger partial charge >= 0.3 is 0 Å². The van der Waals surface area contributed by atoms with Gasteiger partial charge in [0.25, 0.3) is 0 Å². The molecule has 0 radical (unpaired) electrons. The van der Waals surface area contributed by atoms with Crippen LogP contribution < -0.4 is 4.90 Å². The molecule has 3 rings (SSSR count). The summed E-state index contributed by atoms with van der Waals surface area (Å²) in [6.07, 6.45) is 1.87. The summed E-state index contributed by atoms with van der Waals surface area (Å²) in [7, 11) is 0. The van der Waals surface area contributed by atoms with Crippen molar-refractivity contribution in [3.05, 3.63) is 39.8 Å². The van der Waals surface area contributed by atoms with Gasteiger partial charge in [-0.2, -0.15) is 0 Å². The summed E-state index contributed by atoms with van der Waals surface area (Å²) >= 11 is 6.89. The number of benzene rings is 1. The van der Waals surface area contributed by atoms with E-state index in [4.69, 9.17) is 12.2 Å². The molecule has 0 bridgehead atoms. The number of nitrogens with zero attached hydrogens (tertiary/aromatic N) is 3. The van der Waals surface area contributed by atoms with Gasteiger partial charge in [-0.1, -0.05) is 41.7 Å². The van der Waals surface area contributed by atoms with Crippen molar-refractivity contribution in [1.29, 1.82) is 0 Å². The fourth-order valence-electron chi connectivity index (χ4n) is 2.39. The minimum Gasteiger partial charge on any atom is -0.386 e. The lowest BCUT2D eigenvalue weighted by atomic mass is 10.1. The first-order chi connectivity index (χ1) is 9.74. The first-order valence-electron chi connectivity index (χ1n) is 6.80. The monoisotopic (exact) mass is 307 g/mol. The van der Waals surface area contributed by atoms with E-state index in [9.17, 15) is 5.11 Å². The van der Waals surface area contributed by atoms with Gasteiger partial charge in [0.1, 0.15) is 0 Å². The van der Waals surface area contributed by atoms with Gasteiger partial charge in [-0.3, -0.25) is 0 Å². The molecule has 0 spiro atoms. The summed E-state index contributed by atoms with van der Waals surface area (Å²) < 4.78 is 2.47. The zero-order valence-corrected chi connectivity index (χ0v) is 12.7. The van der Waals surface area contributed by atoms with Gasteiger partial charge in [-0.25, -0.2) is 4.68 Å². The highest BCUT2D eigenvalue weighted by Crippen LogP contribution is 2.25. The van der Waals surface area contributed by atoms with Crippen LogP contribution in [0.1, 0.15) is 24.5 Å². The molecular formula is C14H17N3OS2. The van der Waals surface area contributed by atoms with Crippen LogP contribution in [0.15, 0.2) is 30.3 Å². The Kier molecular flexibility index (Phi) is 4.14. The van der Waals surface area contributed by atoms with E-state index in [0.29, 0.717) is 6.54 Å². The fraction of sp³-hybridized carbons (Fsp3) is 0.429. The lowest BCUT2D eigenvalue weighted by Crippen LogP contribution is -2.18. The van der Waals surface area contributed by atoms with Crippen LogP contribution in [-0.2, 0) is 6.54 Å². The summed E-state index contributed by atoms with van der Waals surface area (Å²) in [6, 6.07) is 9.63. The van der Waals surface area contributed by atoms with E-state index in [1.807, 2.05) is 30.3 Å². The van der Waals surface area contributed by atoms with Crippen molar-refractivity contribution >= 4 is 28.7 Å². The second-order valence-electron chi connectivity index (χ2n) is 4.95. The molecule has 1 aliphatic rings. The number of aliphatic hydroxyl groups excluding tert-OH is 1. The highest BCUT2D eigenvalue weighted by molar-refractivity contribution is 7.73. The van der Waals surface area contributed by atoms with Gasteiger partial charge in [0.2, 0.25) is 5.13 Å².